The number of hydrogen-bond donors (Lipinski definition) is 1. The third-order valence-corrected chi connectivity index (χ3v) is 3.23. The second-order valence-electron chi connectivity index (χ2n) is 4.91. The molecule has 0 amide bonds. The molecule has 1 saturated carbocycles. The highest BCUT2D eigenvalue weighted by molar-refractivity contribution is 5.68. The molecule has 1 fully saturated rings. The quantitative estimate of drug-likeness (QED) is 0.428. The smallest absolute Gasteiger partial charge is 0.333 e. The number of rotatable bonds is 9. The van der Waals surface area contributed by atoms with Gasteiger partial charge in [-0.05, 0) is 37.3 Å². The molecule has 6 heteroatoms. The van der Waals surface area contributed by atoms with E-state index in [1.807, 2.05) is 0 Å². The number of ether oxygens (including phenoxy) is 2. The lowest BCUT2D eigenvalue weighted by atomic mass is 10.2. The van der Waals surface area contributed by atoms with Gasteiger partial charge in [-0.3, -0.25) is 10.1 Å². The van der Waals surface area contributed by atoms with E-state index in [2.05, 4.69) is 5.32 Å². The second kappa shape index (κ2) is 7.09. The number of nitrogens with one attached hydrogen (secondary N) is 1. The van der Waals surface area contributed by atoms with Crippen LogP contribution >= 0.6 is 0 Å². The summed E-state index contributed by atoms with van der Waals surface area (Å²) in [6, 6.07) is 5.01. The predicted molar refractivity (Wildman–Crippen MR) is 76.3 cm³/mol. The molecule has 0 aliphatic heterocycles. The molecule has 1 N–H and O–H groups in total. The van der Waals surface area contributed by atoms with Crippen molar-refractivity contribution in [2.45, 2.75) is 19.3 Å². The molecule has 0 spiro atoms. The van der Waals surface area contributed by atoms with Crippen LogP contribution in [0.1, 0.15) is 19.3 Å². The lowest BCUT2D eigenvalue weighted by molar-refractivity contribution is -0.384. The lowest BCUT2D eigenvalue weighted by Gasteiger charge is -2.09. The third-order valence-electron chi connectivity index (χ3n) is 3.23. The molecule has 20 heavy (non-hydrogen) atoms. The number of hydrogen-bond acceptors (Lipinski definition) is 5. The first-order valence-corrected chi connectivity index (χ1v) is 6.85. The van der Waals surface area contributed by atoms with E-state index in [-0.39, 0.29) is 11.4 Å². The van der Waals surface area contributed by atoms with Gasteiger partial charge in [-0.25, -0.2) is 0 Å². The van der Waals surface area contributed by atoms with E-state index in [4.69, 9.17) is 9.47 Å². The molecule has 0 saturated heterocycles. The average molecular weight is 280 g/mol. The van der Waals surface area contributed by atoms with Gasteiger partial charge in [0.25, 0.3) is 0 Å². The van der Waals surface area contributed by atoms with Crippen LogP contribution in [-0.4, -0.2) is 31.8 Å². The summed E-state index contributed by atoms with van der Waals surface area (Å²) in [6.07, 6.45) is 3.39. The number of nitro groups is 1. The Morgan fingerprint density at radius 3 is 2.90 bits per heavy atom. The highest BCUT2D eigenvalue weighted by atomic mass is 16.6. The summed E-state index contributed by atoms with van der Waals surface area (Å²) >= 11 is 0. The Hall–Kier alpha value is -1.82. The first-order valence-electron chi connectivity index (χ1n) is 6.85. The number of nitro benzene ring substituents is 1. The summed E-state index contributed by atoms with van der Waals surface area (Å²) in [5, 5.41) is 14.2. The molecule has 0 atom stereocenters. The minimum Gasteiger partial charge on any atom is -0.490 e. The summed E-state index contributed by atoms with van der Waals surface area (Å²) < 4.78 is 10.5. The van der Waals surface area contributed by atoms with Gasteiger partial charge in [0.15, 0.2) is 5.75 Å². The van der Waals surface area contributed by atoms with Crippen LogP contribution in [0.5, 0.6) is 5.75 Å². The topological polar surface area (TPSA) is 73.6 Å². The molecule has 6 nitrogen and oxygen atoms in total. The molecule has 110 valence electrons. The number of methoxy groups -OCH3 is 1. The van der Waals surface area contributed by atoms with Crippen molar-refractivity contribution in [3.8, 4) is 5.75 Å². The second-order valence-corrected chi connectivity index (χ2v) is 4.91. The molecule has 0 unspecified atom stereocenters. The summed E-state index contributed by atoms with van der Waals surface area (Å²) in [7, 11) is 1.43. The maximum absolute atomic E-state index is 11.1. The summed E-state index contributed by atoms with van der Waals surface area (Å²) in [4.78, 5) is 10.7. The van der Waals surface area contributed by atoms with Crippen LogP contribution < -0.4 is 10.1 Å². The zero-order valence-corrected chi connectivity index (χ0v) is 11.6. The van der Waals surface area contributed by atoms with E-state index in [1.54, 1.807) is 18.2 Å². The van der Waals surface area contributed by atoms with Gasteiger partial charge in [-0.1, -0.05) is 6.07 Å². The highest BCUT2D eigenvalue weighted by Crippen LogP contribution is 2.34. The lowest BCUT2D eigenvalue weighted by Crippen LogP contribution is -2.08. The molecule has 1 aliphatic carbocycles. The Morgan fingerprint density at radius 1 is 1.45 bits per heavy atom. The van der Waals surface area contributed by atoms with Crippen molar-refractivity contribution in [1.29, 1.82) is 0 Å². The maximum Gasteiger partial charge on any atom is 0.333 e. The van der Waals surface area contributed by atoms with Crippen LogP contribution in [0.25, 0.3) is 0 Å². The minimum absolute atomic E-state index is 0.0195. The van der Waals surface area contributed by atoms with E-state index in [9.17, 15) is 10.1 Å². The van der Waals surface area contributed by atoms with Gasteiger partial charge in [0.05, 0.1) is 12.0 Å². The molecule has 0 aromatic heterocycles. The Bertz CT molecular complexity index is 460. The van der Waals surface area contributed by atoms with Crippen molar-refractivity contribution < 1.29 is 14.4 Å². The monoisotopic (exact) mass is 280 g/mol. The summed E-state index contributed by atoms with van der Waals surface area (Å²) in [5.41, 5.74) is 0.463. The molecular weight excluding hydrogens is 260 g/mol. The van der Waals surface area contributed by atoms with E-state index in [0.717, 1.165) is 18.9 Å². The normalized spacial score (nSPS) is 14.1. The first-order chi connectivity index (χ1) is 9.72. The fraction of sp³-hybridized carbons (Fsp3) is 0.571. The van der Waals surface area contributed by atoms with Gasteiger partial charge in [0, 0.05) is 19.8 Å². The van der Waals surface area contributed by atoms with E-state index in [1.165, 1.54) is 20.0 Å². The van der Waals surface area contributed by atoms with Gasteiger partial charge in [0.2, 0.25) is 0 Å². The number of para-hydroxylation sites is 1. The summed E-state index contributed by atoms with van der Waals surface area (Å²) in [6.45, 7) is 2.17. The SMILES string of the molecule is COc1cccc(NCCCOCC2CC2)c1[N+](=O)[O-]. The van der Waals surface area contributed by atoms with E-state index >= 15 is 0 Å². The van der Waals surface area contributed by atoms with Crippen molar-refractivity contribution in [2.75, 3.05) is 32.2 Å². The zero-order valence-electron chi connectivity index (χ0n) is 11.6. The van der Waals surface area contributed by atoms with Crippen LogP contribution in [0, 0.1) is 16.0 Å². The predicted octanol–water partition coefficient (Wildman–Crippen LogP) is 2.83. The van der Waals surface area contributed by atoms with Crippen LogP contribution in [0.15, 0.2) is 18.2 Å². The average Bonchev–Trinajstić information content (AvgIpc) is 3.26. The Kier molecular flexibility index (Phi) is 5.17. The van der Waals surface area contributed by atoms with Crippen LogP contribution in [0.2, 0.25) is 0 Å². The summed E-state index contributed by atoms with van der Waals surface area (Å²) in [5.74, 6) is 1.03. The standard InChI is InChI=1S/C14H20N2O4/c1-19-13-5-2-4-12(14(13)16(17)18)15-8-3-9-20-10-11-6-7-11/h2,4-5,11,15H,3,6-10H2,1H3. The minimum atomic E-state index is -0.426. The Labute approximate surface area is 118 Å². The fourth-order valence-electron chi connectivity index (χ4n) is 1.95. The largest absolute Gasteiger partial charge is 0.490 e. The Morgan fingerprint density at radius 2 is 2.25 bits per heavy atom. The van der Waals surface area contributed by atoms with Gasteiger partial charge >= 0.3 is 5.69 Å². The third kappa shape index (κ3) is 4.09. The first kappa shape index (κ1) is 14.6. The van der Waals surface area contributed by atoms with Crippen molar-refractivity contribution >= 4 is 11.4 Å². The van der Waals surface area contributed by atoms with Crippen molar-refractivity contribution in [1.82, 2.24) is 0 Å². The Balaban J connectivity index is 1.80. The number of benzene rings is 1. The van der Waals surface area contributed by atoms with E-state index < -0.39 is 4.92 Å². The van der Waals surface area contributed by atoms with Gasteiger partial charge in [-0.15, -0.1) is 0 Å². The zero-order chi connectivity index (χ0) is 14.4. The van der Waals surface area contributed by atoms with Crippen LogP contribution in [0.3, 0.4) is 0 Å². The van der Waals surface area contributed by atoms with Crippen molar-refractivity contribution in [3.63, 3.8) is 0 Å². The van der Waals surface area contributed by atoms with Gasteiger partial charge in [0.1, 0.15) is 5.69 Å². The maximum atomic E-state index is 11.1. The van der Waals surface area contributed by atoms with E-state index in [0.29, 0.717) is 18.8 Å². The molecule has 0 bridgehead atoms. The van der Waals surface area contributed by atoms with Crippen LogP contribution in [-0.2, 0) is 4.74 Å². The molecule has 1 aromatic rings. The molecular formula is C14H20N2O4. The molecule has 0 radical (unpaired) electrons. The molecule has 2 rings (SSSR count). The fourth-order valence-corrected chi connectivity index (χ4v) is 1.95. The number of nitrogens with zero attached hydrogens (tertiary/aromatic N) is 1. The molecule has 0 heterocycles. The molecule has 1 aliphatic rings. The van der Waals surface area contributed by atoms with Gasteiger partial charge < -0.3 is 14.8 Å². The molecule has 1 aromatic carbocycles. The van der Waals surface area contributed by atoms with Crippen molar-refractivity contribution in [3.05, 3.63) is 28.3 Å². The van der Waals surface area contributed by atoms with Gasteiger partial charge in [-0.2, -0.15) is 0 Å². The van der Waals surface area contributed by atoms with Crippen LogP contribution in [0.4, 0.5) is 11.4 Å². The number of anilines is 1. The van der Waals surface area contributed by atoms with Crippen molar-refractivity contribution in [2.24, 2.45) is 5.92 Å². The highest BCUT2D eigenvalue weighted by Gasteiger charge is 2.21.